The second-order valence-corrected chi connectivity index (χ2v) is 4.18. The molecule has 2 aromatic rings. The summed E-state index contributed by atoms with van der Waals surface area (Å²) in [5, 5.41) is 0.511. The molecule has 0 bridgehead atoms. The molecular formula is C13H12ClFN2O. The molecule has 2 N–H and O–H groups in total. The summed E-state index contributed by atoms with van der Waals surface area (Å²) in [7, 11) is 1.41. The summed E-state index contributed by atoms with van der Waals surface area (Å²) >= 11 is 5.74. The number of ether oxygens (including phenoxy) is 1. The minimum absolute atomic E-state index is 0.164. The third-order valence-electron chi connectivity index (χ3n) is 2.62. The Kier molecular flexibility index (Phi) is 3.79. The number of rotatable bonds is 3. The zero-order valence-corrected chi connectivity index (χ0v) is 10.5. The molecule has 0 amide bonds. The van der Waals surface area contributed by atoms with Crippen molar-refractivity contribution in [2.24, 2.45) is 5.73 Å². The first-order valence-corrected chi connectivity index (χ1v) is 5.70. The molecule has 0 saturated heterocycles. The first kappa shape index (κ1) is 12.8. The van der Waals surface area contributed by atoms with Gasteiger partial charge in [-0.25, -0.2) is 4.39 Å². The highest BCUT2D eigenvalue weighted by Crippen LogP contribution is 2.27. The number of nitrogens with two attached hydrogens (primary N) is 1. The number of pyridine rings is 1. The molecule has 1 aromatic heterocycles. The van der Waals surface area contributed by atoms with Crippen LogP contribution in [0.25, 0.3) is 0 Å². The normalized spacial score (nSPS) is 12.2. The van der Waals surface area contributed by atoms with Crippen molar-refractivity contribution in [3.63, 3.8) is 0 Å². The largest absolute Gasteiger partial charge is 0.494 e. The highest BCUT2D eigenvalue weighted by Gasteiger charge is 2.17. The van der Waals surface area contributed by atoms with E-state index in [4.69, 9.17) is 22.1 Å². The summed E-state index contributed by atoms with van der Waals surface area (Å²) in [4.78, 5) is 4.09. The van der Waals surface area contributed by atoms with E-state index < -0.39 is 11.9 Å². The molecule has 18 heavy (non-hydrogen) atoms. The Morgan fingerprint density at radius 1 is 1.33 bits per heavy atom. The van der Waals surface area contributed by atoms with Gasteiger partial charge >= 0.3 is 0 Å². The summed E-state index contributed by atoms with van der Waals surface area (Å²) in [6, 6.07) is 7.53. The Labute approximate surface area is 109 Å². The lowest BCUT2D eigenvalue weighted by atomic mass is 10.0. The highest BCUT2D eigenvalue weighted by atomic mass is 35.5. The molecule has 94 valence electrons. The van der Waals surface area contributed by atoms with Gasteiger partial charge in [0.2, 0.25) is 0 Å². The Balaban J connectivity index is 2.39. The molecule has 0 spiro atoms. The Bertz CT molecular complexity index is 545. The number of nitrogens with zero attached hydrogens (tertiary/aromatic N) is 1. The Hall–Kier alpha value is -1.65. The summed E-state index contributed by atoms with van der Waals surface area (Å²) in [6.07, 6.45) is 1.48. The van der Waals surface area contributed by atoms with Crippen molar-refractivity contribution >= 4 is 11.6 Å². The smallest absolute Gasteiger partial charge is 0.170 e. The number of halogens is 2. The van der Waals surface area contributed by atoms with E-state index in [0.717, 1.165) is 0 Å². The standard InChI is InChI=1S/C13H12ClFN2O/c1-18-11-4-2-3-9(12(11)15)13(16)10-6-5-8(14)7-17-10/h2-7,13H,16H2,1H3. The van der Waals surface area contributed by atoms with Crippen molar-refractivity contribution in [2.75, 3.05) is 7.11 Å². The van der Waals surface area contributed by atoms with Gasteiger partial charge in [-0.1, -0.05) is 23.7 Å². The molecule has 1 aromatic carbocycles. The van der Waals surface area contributed by atoms with E-state index in [1.54, 1.807) is 30.3 Å². The topological polar surface area (TPSA) is 48.1 Å². The number of hydrogen-bond donors (Lipinski definition) is 1. The predicted molar refractivity (Wildman–Crippen MR) is 68.2 cm³/mol. The molecule has 1 atom stereocenters. The van der Waals surface area contributed by atoms with Gasteiger partial charge in [0.1, 0.15) is 0 Å². The Morgan fingerprint density at radius 2 is 2.11 bits per heavy atom. The fourth-order valence-electron chi connectivity index (χ4n) is 1.66. The second kappa shape index (κ2) is 5.33. The Morgan fingerprint density at radius 3 is 2.72 bits per heavy atom. The van der Waals surface area contributed by atoms with Crippen molar-refractivity contribution in [3.05, 3.63) is 58.6 Å². The maximum absolute atomic E-state index is 14.0. The maximum Gasteiger partial charge on any atom is 0.170 e. The molecular weight excluding hydrogens is 255 g/mol. The van der Waals surface area contributed by atoms with Gasteiger partial charge in [0, 0.05) is 11.8 Å². The summed E-state index contributed by atoms with van der Waals surface area (Å²) in [5.74, 6) is -0.304. The van der Waals surface area contributed by atoms with Gasteiger partial charge < -0.3 is 10.5 Å². The van der Waals surface area contributed by atoms with E-state index in [2.05, 4.69) is 4.98 Å². The van der Waals surface area contributed by atoms with Crippen LogP contribution in [0.4, 0.5) is 4.39 Å². The van der Waals surface area contributed by atoms with Crippen LogP contribution < -0.4 is 10.5 Å². The number of benzene rings is 1. The van der Waals surface area contributed by atoms with Crippen LogP contribution in [-0.4, -0.2) is 12.1 Å². The molecule has 0 aliphatic carbocycles. The van der Waals surface area contributed by atoms with E-state index in [1.165, 1.54) is 13.3 Å². The maximum atomic E-state index is 14.0. The zero-order chi connectivity index (χ0) is 13.1. The lowest BCUT2D eigenvalue weighted by Crippen LogP contribution is -2.15. The number of aromatic nitrogens is 1. The van der Waals surface area contributed by atoms with Crippen molar-refractivity contribution in [2.45, 2.75) is 6.04 Å². The molecule has 1 unspecified atom stereocenters. The van der Waals surface area contributed by atoms with E-state index in [-0.39, 0.29) is 5.75 Å². The van der Waals surface area contributed by atoms with Gasteiger partial charge in [-0.3, -0.25) is 4.98 Å². The third kappa shape index (κ3) is 2.44. The van der Waals surface area contributed by atoms with Gasteiger partial charge in [0.15, 0.2) is 11.6 Å². The summed E-state index contributed by atoms with van der Waals surface area (Å²) < 4.78 is 18.9. The molecule has 0 aliphatic rings. The first-order valence-electron chi connectivity index (χ1n) is 5.33. The van der Waals surface area contributed by atoms with Crippen LogP contribution in [0.2, 0.25) is 5.02 Å². The fraction of sp³-hybridized carbons (Fsp3) is 0.154. The van der Waals surface area contributed by atoms with Crippen LogP contribution >= 0.6 is 11.6 Å². The average Bonchev–Trinajstić information content (AvgIpc) is 2.39. The van der Waals surface area contributed by atoms with Crippen molar-refractivity contribution < 1.29 is 9.13 Å². The highest BCUT2D eigenvalue weighted by molar-refractivity contribution is 6.30. The van der Waals surface area contributed by atoms with Crippen LogP contribution in [0.15, 0.2) is 36.5 Å². The van der Waals surface area contributed by atoms with Gasteiger partial charge in [-0.15, -0.1) is 0 Å². The van der Waals surface area contributed by atoms with Crippen LogP contribution in [0.5, 0.6) is 5.75 Å². The third-order valence-corrected chi connectivity index (χ3v) is 2.84. The second-order valence-electron chi connectivity index (χ2n) is 3.74. The average molecular weight is 267 g/mol. The molecule has 3 nitrogen and oxygen atoms in total. The monoisotopic (exact) mass is 266 g/mol. The molecule has 0 aliphatic heterocycles. The number of hydrogen-bond acceptors (Lipinski definition) is 3. The van der Waals surface area contributed by atoms with Crippen LogP contribution in [0, 0.1) is 5.82 Å². The molecule has 5 heteroatoms. The van der Waals surface area contributed by atoms with Gasteiger partial charge in [-0.2, -0.15) is 0 Å². The van der Waals surface area contributed by atoms with E-state index >= 15 is 0 Å². The molecule has 0 radical (unpaired) electrons. The lowest BCUT2D eigenvalue weighted by Gasteiger charge is -2.14. The zero-order valence-electron chi connectivity index (χ0n) is 9.73. The van der Waals surface area contributed by atoms with Crippen LogP contribution in [-0.2, 0) is 0 Å². The predicted octanol–water partition coefficient (Wildman–Crippen LogP) is 2.93. The molecule has 0 saturated carbocycles. The molecule has 1 heterocycles. The van der Waals surface area contributed by atoms with Crippen LogP contribution in [0.1, 0.15) is 17.3 Å². The van der Waals surface area contributed by atoms with Crippen molar-refractivity contribution in [1.82, 2.24) is 4.98 Å². The van der Waals surface area contributed by atoms with Crippen molar-refractivity contribution in [1.29, 1.82) is 0 Å². The lowest BCUT2D eigenvalue weighted by molar-refractivity contribution is 0.383. The summed E-state index contributed by atoms with van der Waals surface area (Å²) in [5.41, 5.74) is 6.87. The SMILES string of the molecule is COc1cccc(C(N)c2ccc(Cl)cn2)c1F. The first-order chi connectivity index (χ1) is 8.63. The molecule has 2 rings (SSSR count). The fourth-order valence-corrected chi connectivity index (χ4v) is 1.77. The van der Waals surface area contributed by atoms with E-state index in [1.807, 2.05) is 0 Å². The quantitative estimate of drug-likeness (QED) is 0.929. The molecule has 0 fully saturated rings. The minimum atomic E-state index is -0.655. The van der Waals surface area contributed by atoms with E-state index in [0.29, 0.717) is 16.3 Å². The minimum Gasteiger partial charge on any atom is -0.494 e. The number of methoxy groups -OCH3 is 1. The van der Waals surface area contributed by atoms with E-state index in [9.17, 15) is 4.39 Å². The summed E-state index contributed by atoms with van der Waals surface area (Å²) in [6.45, 7) is 0. The van der Waals surface area contributed by atoms with Crippen molar-refractivity contribution in [3.8, 4) is 5.75 Å². The van der Waals surface area contributed by atoms with Gasteiger partial charge in [0.05, 0.1) is 23.9 Å². The van der Waals surface area contributed by atoms with Gasteiger partial charge in [-0.05, 0) is 18.2 Å². The van der Waals surface area contributed by atoms with Gasteiger partial charge in [0.25, 0.3) is 0 Å². The van der Waals surface area contributed by atoms with Crippen LogP contribution in [0.3, 0.4) is 0 Å².